The average molecular weight is 395 g/mol. The lowest BCUT2D eigenvalue weighted by atomic mass is 10.2. The normalized spacial score (nSPS) is 15.2. The van der Waals surface area contributed by atoms with Crippen LogP contribution in [0.25, 0.3) is 0 Å². The Morgan fingerprint density at radius 3 is 2.12 bits per heavy atom. The fourth-order valence-electron chi connectivity index (χ4n) is 3.01. The number of hydrogen-bond donors (Lipinski definition) is 1. The Morgan fingerprint density at radius 2 is 1.54 bits per heavy atom. The molecule has 0 saturated carbocycles. The number of aryl methyl sites for hydroxylation is 1. The highest BCUT2D eigenvalue weighted by molar-refractivity contribution is 7.93. The molecule has 1 aliphatic rings. The van der Waals surface area contributed by atoms with Crippen molar-refractivity contribution >= 4 is 31.2 Å². The molecule has 1 heterocycles. The lowest BCUT2D eigenvalue weighted by Crippen LogP contribution is -2.19. The van der Waals surface area contributed by atoms with Gasteiger partial charge < -0.3 is 4.90 Å². The SMILES string of the molecule is Cc1ccc(S(=O)(=O)Nc2cc(N3CCCC3)ccc2S(C)(=O)=O)cc1. The molecule has 0 spiro atoms. The second-order valence-electron chi connectivity index (χ2n) is 6.57. The monoisotopic (exact) mass is 394 g/mol. The van der Waals surface area contributed by atoms with Crippen molar-refractivity contribution in [3.8, 4) is 0 Å². The number of sulfonamides is 1. The molecule has 1 fully saturated rings. The Bertz CT molecular complexity index is 1010. The molecule has 6 nitrogen and oxygen atoms in total. The standard InChI is InChI=1S/C18H22N2O4S2/c1-14-5-8-16(9-6-14)26(23,24)19-17-13-15(20-11-3-4-12-20)7-10-18(17)25(2,21)22/h5-10,13,19H,3-4,11-12H2,1-2H3. The van der Waals surface area contributed by atoms with Gasteiger partial charge in [-0.2, -0.15) is 0 Å². The fourth-order valence-corrected chi connectivity index (χ4v) is 4.97. The van der Waals surface area contributed by atoms with Crippen LogP contribution < -0.4 is 9.62 Å². The highest BCUT2D eigenvalue weighted by Gasteiger charge is 2.22. The molecule has 0 aliphatic carbocycles. The fraction of sp³-hybridized carbons (Fsp3) is 0.333. The van der Waals surface area contributed by atoms with Gasteiger partial charge in [-0.05, 0) is 50.1 Å². The van der Waals surface area contributed by atoms with Gasteiger partial charge in [0, 0.05) is 25.0 Å². The topological polar surface area (TPSA) is 83.6 Å². The van der Waals surface area contributed by atoms with E-state index in [-0.39, 0.29) is 15.5 Å². The number of nitrogens with zero attached hydrogens (tertiary/aromatic N) is 1. The van der Waals surface area contributed by atoms with Gasteiger partial charge in [-0.25, -0.2) is 16.8 Å². The maximum Gasteiger partial charge on any atom is 0.261 e. The van der Waals surface area contributed by atoms with Crippen LogP contribution in [0.2, 0.25) is 0 Å². The highest BCUT2D eigenvalue weighted by Crippen LogP contribution is 2.31. The summed E-state index contributed by atoms with van der Waals surface area (Å²) < 4.78 is 52.1. The van der Waals surface area contributed by atoms with E-state index >= 15 is 0 Å². The third-order valence-corrected chi connectivity index (χ3v) is 6.95. The second kappa shape index (κ2) is 6.92. The predicted molar refractivity (Wildman–Crippen MR) is 103 cm³/mol. The van der Waals surface area contributed by atoms with E-state index in [1.807, 2.05) is 6.92 Å². The van der Waals surface area contributed by atoms with Crippen molar-refractivity contribution in [2.45, 2.75) is 29.6 Å². The molecule has 26 heavy (non-hydrogen) atoms. The number of hydrogen-bond acceptors (Lipinski definition) is 5. The van der Waals surface area contributed by atoms with E-state index in [1.165, 1.54) is 18.2 Å². The van der Waals surface area contributed by atoms with Crippen molar-refractivity contribution < 1.29 is 16.8 Å². The van der Waals surface area contributed by atoms with E-state index in [4.69, 9.17) is 0 Å². The number of nitrogens with one attached hydrogen (secondary N) is 1. The molecule has 2 aromatic carbocycles. The van der Waals surface area contributed by atoms with Crippen molar-refractivity contribution in [3.05, 3.63) is 48.0 Å². The summed E-state index contributed by atoms with van der Waals surface area (Å²) >= 11 is 0. The Hall–Kier alpha value is -2.06. The first-order valence-electron chi connectivity index (χ1n) is 8.35. The minimum Gasteiger partial charge on any atom is -0.371 e. The summed E-state index contributed by atoms with van der Waals surface area (Å²) in [7, 11) is -7.47. The third kappa shape index (κ3) is 4.02. The number of rotatable bonds is 5. The Kier molecular flexibility index (Phi) is 4.98. The lowest BCUT2D eigenvalue weighted by Gasteiger charge is -2.20. The Balaban J connectivity index is 2.03. The first kappa shape index (κ1) is 18.7. The van der Waals surface area contributed by atoms with E-state index < -0.39 is 19.9 Å². The molecule has 1 aliphatic heterocycles. The molecule has 0 unspecified atom stereocenters. The van der Waals surface area contributed by atoms with Crippen LogP contribution in [0.5, 0.6) is 0 Å². The second-order valence-corrected chi connectivity index (χ2v) is 10.2. The van der Waals surface area contributed by atoms with Gasteiger partial charge in [0.25, 0.3) is 10.0 Å². The van der Waals surface area contributed by atoms with Crippen LogP contribution in [0.4, 0.5) is 11.4 Å². The first-order valence-corrected chi connectivity index (χ1v) is 11.7. The largest absolute Gasteiger partial charge is 0.371 e. The van der Waals surface area contributed by atoms with Crippen molar-refractivity contribution in [2.75, 3.05) is 29.0 Å². The zero-order chi connectivity index (χ0) is 18.9. The van der Waals surface area contributed by atoms with E-state index in [2.05, 4.69) is 9.62 Å². The Labute approximate surface area is 154 Å². The van der Waals surface area contributed by atoms with Gasteiger partial charge in [0.1, 0.15) is 0 Å². The number of benzene rings is 2. The molecular formula is C18H22N2O4S2. The van der Waals surface area contributed by atoms with Gasteiger partial charge in [0.15, 0.2) is 9.84 Å². The highest BCUT2D eigenvalue weighted by atomic mass is 32.2. The van der Waals surface area contributed by atoms with Crippen LogP contribution >= 0.6 is 0 Å². The van der Waals surface area contributed by atoms with E-state index in [0.29, 0.717) is 0 Å². The summed E-state index contributed by atoms with van der Waals surface area (Å²) in [5, 5.41) is 0. The third-order valence-electron chi connectivity index (χ3n) is 4.41. The molecule has 140 valence electrons. The van der Waals surface area contributed by atoms with Crippen LogP contribution in [-0.4, -0.2) is 36.2 Å². The molecule has 1 N–H and O–H groups in total. The zero-order valence-corrected chi connectivity index (χ0v) is 16.4. The lowest BCUT2D eigenvalue weighted by molar-refractivity contribution is 0.601. The molecule has 3 rings (SSSR count). The maximum absolute atomic E-state index is 12.7. The summed E-state index contributed by atoms with van der Waals surface area (Å²) in [6, 6.07) is 11.2. The molecule has 8 heteroatoms. The van der Waals surface area contributed by atoms with Crippen LogP contribution in [0, 0.1) is 6.92 Å². The van der Waals surface area contributed by atoms with Crippen LogP contribution in [0.3, 0.4) is 0 Å². The molecule has 2 aromatic rings. The van der Waals surface area contributed by atoms with Gasteiger partial charge in [-0.1, -0.05) is 17.7 Å². The van der Waals surface area contributed by atoms with Crippen molar-refractivity contribution in [2.24, 2.45) is 0 Å². The van der Waals surface area contributed by atoms with Crippen LogP contribution in [0.1, 0.15) is 18.4 Å². The molecule has 0 atom stereocenters. The molecule has 0 aromatic heterocycles. The van der Waals surface area contributed by atoms with Crippen molar-refractivity contribution in [1.29, 1.82) is 0 Å². The van der Waals surface area contributed by atoms with Crippen LogP contribution in [0.15, 0.2) is 52.3 Å². The van der Waals surface area contributed by atoms with Gasteiger partial charge in [0.2, 0.25) is 0 Å². The predicted octanol–water partition coefficient (Wildman–Crippen LogP) is 2.80. The van der Waals surface area contributed by atoms with Crippen LogP contribution in [-0.2, 0) is 19.9 Å². The van der Waals surface area contributed by atoms with Gasteiger partial charge >= 0.3 is 0 Å². The molecule has 0 radical (unpaired) electrons. The minimum absolute atomic E-state index is 0.0314. The smallest absolute Gasteiger partial charge is 0.261 e. The number of sulfone groups is 1. The molecule has 1 saturated heterocycles. The first-order chi connectivity index (χ1) is 12.2. The quantitative estimate of drug-likeness (QED) is 0.843. The summed E-state index contributed by atoms with van der Waals surface area (Å²) in [5.41, 5.74) is 1.84. The molecular weight excluding hydrogens is 372 g/mol. The Morgan fingerprint density at radius 1 is 0.923 bits per heavy atom. The summed E-state index contributed by atoms with van der Waals surface area (Å²) in [4.78, 5) is 2.18. The summed E-state index contributed by atoms with van der Waals surface area (Å²) in [6.07, 6.45) is 3.21. The van der Waals surface area contributed by atoms with Crippen molar-refractivity contribution in [3.63, 3.8) is 0 Å². The summed E-state index contributed by atoms with van der Waals surface area (Å²) in [5.74, 6) is 0. The van der Waals surface area contributed by atoms with E-state index in [9.17, 15) is 16.8 Å². The molecule has 0 amide bonds. The number of anilines is 2. The van der Waals surface area contributed by atoms with Gasteiger partial charge in [-0.15, -0.1) is 0 Å². The van der Waals surface area contributed by atoms with Gasteiger partial charge in [0.05, 0.1) is 15.5 Å². The van der Waals surface area contributed by atoms with E-state index in [0.717, 1.165) is 43.4 Å². The maximum atomic E-state index is 12.7. The van der Waals surface area contributed by atoms with Crippen molar-refractivity contribution in [1.82, 2.24) is 0 Å². The van der Waals surface area contributed by atoms with Gasteiger partial charge in [-0.3, -0.25) is 4.72 Å². The molecule has 0 bridgehead atoms. The zero-order valence-electron chi connectivity index (χ0n) is 14.8. The average Bonchev–Trinajstić information content (AvgIpc) is 3.08. The van der Waals surface area contributed by atoms with E-state index in [1.54, 1.807) is 24.3 Å². The summed E-state index contributed by atoms with van der Waals surface area (Å²) in [6.45, 7) is 3.62. The minimum atomic E-state index is -3.89.